The van der Waals surface area contributed by atoms with E-state index in [-0.39, 0.29) is 0 Å². The van der Waals surface area contributed by atoms with Gasteiger partial charge in [0.15, 0.2) is 0 Å². The Morgan fingerprint density at radius 2 is 1.55 bits per heavy atom. The lowest BCUT2D eigenvalue weighted by Gasteiger charge is -2.23. The monoisotopic (exact) mass is 282 g/mol. The molecule has 102 valence electrons. The highest BCUT2D eigenvalue weighted by Gasteiger charge is 2.19. The molecular weight excluding hydrogens is 264 g/mol. The molecule has 0 aliphatic carbocycles. The van der Waals surface area contributed by atoms with Crippen LogP contribution < -0.4 is 0 Å². The first-order chi connectivity index (χ1) is 9.83. The third kappa shape index (κ3) is 2.34. The first-order valence-corrected chi connectivity index (χ1v) is 7.85. The van der Waals surface area contributed by atoms with Crippen molar-refractivity contribution in [1.82, 2.24) is 4.90 Å². The number of hydrogen-bond acceptors (Lipinski definition) is 3. The second-order valence-corrected chi connectivity index (χ2v) is 5.76. The highest BCUT2D eigenvalue weighted by molar-refractivity contribution is 7.99. The molecule has 2 aromatic rings. The van der Waals surface area contributed by atoms with Crippen molar-refractivity contribution in [3.8, 4) is 0 Å². The molecule has 1 heterocycles. The highest BCUT2D eigenvalue weighted by atomic mass is 32.2. The van der Waals surface area contributed by atoms with E-state index in [9.17, 15) is 0 Å². The molecule has 0 saturated heterocycles. The van der Waals surface area contributed by atoms with E-state index in [0.717, 1.165) is 24.6 Å². The normalized spacial score (nSPS) is 13.0. The van der Waals surface area contributed by atoms with E-state index in [0.29, 0.717) is 0 Å². The number of amidine groups is 1. The van der Waals surface area contributed by atoms with Gasteiger partial charge in [0, 0.05) is 28.4 Å². The Balaban J connectivity index is 2.21. The molecule has 1 aliphatic rings. The third-order valence-corrected chi connectivity index (χ3v) is 4.64. The van der Waals surface area contributed by atoms with Gasteiger partial charge in [0.05, 0.1) is 5.69 Å². The summed E-state index contributed by atoms with van der Waals surface area (Å²) in [5.74, 6) is 1.09. The highest BCUT2D eigenvalue weighted by Crippen LogP contribution is 2.40. The molecule has 3 heteroatoms. The minimum absolute atomic E-state index is 0.969. The Bertz CT molecular complexity index is 645. The first-order valence-electron chi connectivity index (χ1n) is 7.03. The summed E-state index contributed by atoms with van der Waals surface area (Å²) in [6.45, 7) is 6.30. The van der Waals surface area contributed by atoms with Crippen LogP contribution in [0.2, 0.25) is 0 Å². The number of benzene rings is 2. The van der Waals surface area contributed by atoms with Gasteiger partial charge in [-0.3, -0.25) is 0 Å². The number of para-hydroxylation sites is 1. The second kappa shape index (κ2) is 5.71. The molecule has 0 bridgehead atoms. The van der Waals surface area contributed by atoms with E-state index in [1.165, 1.54) is 15.4 Å². The molecule has 0 radical (unpaired) electrons. The van der Waals surface area contributed by atoms with Gasteiger partial charge in [0.2, 0.25) is 0 Å². The third-order valence-electron chi connectivity index (χ3n) is 3.50. The van der Waals surface area contributed by atoms with Crippen molar-refractivity contribution in [3.63, 3.8) is 0 Å². The lowest BCUT2D eigenvalue weighted by Crippen LogP contribution is -2.31. The van der Waals surface area contributed by atoms with E-state index in [1.807, 2.05) is 0 Å². The number of hydrogen-bond donors (Lipinski definition) is 0. The fourth-order valence-electron chi connectivity index (χ4n) is 2.43. The molecular formula is C17H18N2S. The van der Waals surface area contributed by atoms with Gasteiger partial charge in [-0.1, -0.05) is 42.1 Å². The van der Waals surface area contributed by atoms with Gasteiger partial charge in [0.1, 0.15) is 5.84 Å². The fourth-order valence-corrected chi connectivity index (χ4v) is 3.45. The van der Waals surface area contributed by atoms with Crippen LogP contribution in [0.4, 0.5) is 5.69 Å². The summed E-state index contributed by atoms with van der Waals surface area (Å²) in [5.41, 5.74) is 2.30. The van der Waals surface area contributed by atoms with Crippen molar-refractivity contribution in [2.24, 2.45) is 4.99 Å². The van der Waals surface area contributed by atoms with Crippen LogP contribution in [-0.4, -0.2) is 23.8 Å². The molecule has 1 aliphatic heterocycles. The van der Waals surface area contributed by atoms with Gasteiger partial charge in [0.25, 0.3) is 0 Å². The van der Waals surface area contributed by atoms with E-state index in [1.54, 1.807) is 11.8 Å². The van der Waals surface area contributed by atoms with Gasteiger partial charge >= 0.3 is 0 Å². The Kier molecular flexibility index (Phi) is 3.79. The maximum atomic E-state index is 4.94. The van der Waals surface area contributed by atoms with Gasteiger partial charge in [-0.2, -0.15) is 0 Å². The summed E-state index contributed by atoms with van der Waals surface area (Å²) in [5, 5.41) is 0. The van der Waals surface area contributed by atoms with Gasteiger partial charge < -0.3 is 4.90 Å². The first kappa shape index (κ1) is 13.3. The summed E-state index contributed by atoms with van der Waals surface area (Å²) in [7, 11) is 0. The van der Waals surface area contributed by atoms with Crippen LogP contribution in [0, 0.1) is 0 Å². The molecule has 0 amide bonds. The second-order valence-electron chi connectivity index (χ2n) is 4.67. The largest absolute Gasteiger partial charge is 0.357 e. The van der Waals surface area contributed by atoms with Crippen LogP contribution in [0.3, 0.4) is 0 Å². The van der Waals surface area contributed by atoms with Crippen LogP contribution >= 0.6 is 11.8 Å². The average molecular weight is 282 g/mol. The van der Waals surface area contributed by atoms with E-state index in [4.69, 9.17) is 4.99 Å². The van der Waals surface area contributed by atoms with Crippen LogP contribution in [-0.2, 0) is 0 Å². The van der Waals surface area contributed by atoms with Crippen molar-refractivity contribution in [2.45, 2.75) is 23.6 Å². The Labute approximate surface area is 124 Å². The minimum Gasteiger partial charge on any atom is -0.357 e. The van der Waals surface area contributed by atoms with E-state index < -0.39 is 0 Å². The topological polar surface area (TPSA) is 15.6 Å². The fraction of sp³-hybridized carbons (Fsp3) is 0.235. The average Bonchev–Trinajstić information content (AvgIpc) is 2.65. The molecule has 20 heavy (non-hydrogen) atoms. The molecule has 0 N–H and O–H groups in total. The van der Waals surface area contributed by atoms with Crippen LogP contribution in [0.15, 0.2) is 63.3 Å². The van der Waals surface area contributed by atoms with Crippen molar-refractivity contribution in [2.75, 3.05) is 13.1 Å². The maximum Gasteiger partial charge on any atom is 0.137 e. The van der Waals surface area contributed by atoms with E-state index >= 15 is 0 Å². The molecule has 0 aromatic heterocycles. The van der Waals surface area contributed by atoms with Crippen molar-refractivity contribution >= 4 is 23.3 Å². The van der Waals surface area contributed by atoms with E-state index in [2.05, 4.69) is 67.3 Å². The number of nitrogens with zero attached hydrogens (tertiary/aromatic N) is 2. The standard InChI is InChI=1S/C17H18N2S/c1-3-19(4-2)17-13-9-5-7-11-15(13)20-16-12-8-6-10-14(16)18-17/h5-12H,3-4H2,1-2H3. The van der Waals surface area contributed by atoms with Crippen LogP contribution in [0.25, 0.3) is 0 Å². The number of rotatable bonds is 2. The minimum atomic E-state index is 0.969. The van der Waals surface area contributed by atoms with Crippen molar-refractivity contribution in [1.29, 1.82) is 0 Å². The summed E-state index contributed by atoms with van der Waals surface area (Å²) in [6, 6.07) is 16.9. The van der Waals surface area contributed by atoms with Gasteiger partial charge in [-0.15, -0.1) is 0 Å². The predicted octanol–water partition coefficient (Wildman–Crippen LogP) is 4.57. The number of fused-ring (bicyclic) bond motifs is 2. The molecule has 2 nitrogen and oxygen atoms in total. The van der Waals surface area contributed by atoms with Gasteiger partial charge in [-0.25, -0.2) is 4.99 Å². The predicted molar refractivity (Wildman–Crippen MR) is 86.1 cm³/mol. The molecule has 0 spiro atoms. The Hall–Kier alpha value is -1.74. The molecule has 0 unspecified atom stereocenters. The summed E-state index contributed by atoms with van der Waals surface area (Å²) in [6.07, 6.45) is 0. The Morgan fingerprint density at radius 3 is 2.30 bits per heavy atom. The molecule has 3 rings (SSSR count). The quantitative estimate of drug-likeness (QED) is 0.801. The smallest absolute Gasteiger partial charge is 0.137 e. The summed E-state index contributed by atoms with van der Waals surface area (Å²) >= 11 is 1.80. The molecule has 0 atom stereocenters. The summed E-state index contributed by atoms with van der Waals surface area (Å²) in [4.78, 5) is 9.77. The van der Waals surface area contributed by atoms with Crippen molar-refractivity contribution in [3.05, 3.63) is 54.1 Å². The van der Waals surface area contributed by atoms with Gasteiger partial charge in [-0.05, 0) is 32.0 Å². The lowest BCUT2D eigenvalue weighted by atomic mass is 10.2. The maximum absolute atomic E-state index is 4.94. The molecule has 0 saturated carbocycles. The van der Waals surface area contributed by atoms with Crippen LogP contribution in [0.5, 0.6) is 0 Å². The zero-order valence-corrected chi connectivity index (χ0v) is 12.7. The summed E-state index contributed by atoms with van der Waals surface area (Å²) < 4.78 is 0. The van der Waals surface area contributed by atoms with Crippen molar-refractivity contribution < 1.29 is 0 Å². The molecule has 2 aromatic carbocycles. The zero-order chi connectivity index (χ0) is 13.9. The SMILES string of the molecule is CCN(CC)C1=Nc2ccccc2Sc2ccccc21. The lowest BCUT2D eigenvalue weighted by molar-refractivity contribution is 0.466. The Morgan fingerprint density at radius 1 is 0.900 bits per heavy atom. The molecule has 0 fully saturated rings. The van der Waals surface area contributed by atoms with Crippen LogP contribution in [0.1, 0.15) is 19.4 Å². The zero-order valence-electron chi connectivity index (χ0n) is 11.8. The number of aliphatic imine (C=N–C) groups is 1.